The van der Waals surface area contributed by atoms with Gasteiger partial charge in [0.15, 0.2) is 0 Å². The number of methoxy groups -OCH3 is 1. The van der Waals surface area contributed by atoms with Gasteiger partial charge in [0.05, 0.1) is 7.11 Å². The van der Waals surface area contributed by atoms with E-state index in [4.69, 9.17) is 9.47 Å². The summed E-state index contributed by atoms with van der Waals surface area (Å²) in [5.41, 5.74) is 0.694. The standard InChI is InChI=1S/C15H20N2O3/c1-19-13-5-3-2-4-11(13)12-10-17-14(18)20-15(12)6-8-16-9-7-15/h2-5,12,16H,6-10H2,1H3,(H,17,18). The lowest BCUT2D eigenvalue weighted by atomic mass is 9.75. The zero-order valence-electron chi connectivity index (χ0n) is 11.6. The molecule has 0 aromatic heterocycles. The maximum absolute atomic E-state index is 11.7. The summed E-state index contributed by atoms with van der Waals surface area (Å²) in [4.78, 5) is 11.7. The van der Waals surface area contributed by atoms with Gasteiger partial charge >= 0.3 is 6.09 Å². The Kier molecular flexibility index (Phi) is 3.53. The molecule has 108 valence electrons. The Labute approximate surface area is 118 Å². The van der Waals surface area contributed by atoms with Crippen LogP contribution in [0.4, 0.5) is 4.79 Å². The van der Waals surface area contributed by atoms with Crippen molar-refractivity contribution in [2.45, 2.75) is 24.4 Å². The number of hydrogen-bond acceptors (Lipinski definition) is 4. The quantitative estimate of drug-likeness (QED) is 0.862. The number of hydrogen-bond donors (Lipinski definition) is 2. The number of alkyl carbamates (subject to hydrolysis) is 1. The Hall–Kier alpha value is -1.75. The summed E-state index contributed by atoms with van der Waals surface area (Å²) in [6.45, 7) is 2.34. The molecule has 20 heavy (non-hydrogen) atoms. The summed E-state index contributed by atoms with van der Waals surface area (Å²) in [5, 5.41) is 6.15. The zero-order valence-corrected chi connectivity index (χ0v) is 11.6. The number of para-hydroxylation sites is 1. The van der Waals surface area contributed by atoms with Crippen LogP contribution in [0.1, 0.15) is 24.3 Å². The highest BCUT2D eigenvalue weighted by Crippen LogP contribution is 2.43. The summed E-state index contributed by atoms with van der Waals surface area (Å²) in [6.07, 6.45) is 1.37. The highest BCUT2D eigenvalue weighted by Gasteiger charge is 2.47. The summed E-state index contributed by atoms with van der Waals surface area (Å²) < 4.78 is 11.2. The van der Waals surface area contributed by atoms with Gasteiger partial charge < -0.3 is 20.1 Å². The lowest BCUT2D eigenvalue weighted by molar-refractivity contribution is -0.0499. The van der Waals surface area contributed by atoms with Crippen molar-refractivity contribution in [3.8, 4) is 5.75 Å². The van der Waals surface area contributed by atoms with E-state index < -0.39 is 5.60 Å². The summed E-state index contributed by atoms with van der Waals surface area (Å²) in [7, 11) is 1.68. The molecule has 3 rings (SSSR count). The third-order valence-corrected chi connectivity index (χ3v) is 4.35. The van der Waals surface area contributed by atoms with Crippen molar-refractivity contribution in [2.75, 3.05) is 26.7 Å². The fourth-order valence-corrected chi connectivity index (χ4v) is 3.31. The molecule has 1 aromatic carbocycles. The van der Waals surface area contributed by atoms with Crippen molar-refractivity contribution in [3.63, 3.8) is 0 Å². The van der Waals surface area contributed by atoms with Crippen LogP contribution in [0.15, 0.2) is 24.3 Å². The van der Waals surface area contributed by atoms with Crippen LogP contribution in [-0.2, 0) is 4.74 Å². The Bertz CT molecular complexity index is 498. The second-order valence-electron chi connectivity index (χ2n) is 5.38. The molecular formula is C15H20N2O3. The maximum Gasteiger partial charge on any atom is 0.407 e. The highest BCUT2D eigenvalue weighted by molar-refractivity contribution is 5.69. The summed E-state index contributed by atoms with van der Waals surface area (Å²) in [5.74, 6) is 0.980. The Morgan fingerprint density at radius 3 is 2.80 bits per heavy atom. The minimum Gasteiger partial charge on any atom is -0.496 e. The molecule has 2 heterocycles. The number of piperidine rings is 1. The molecule has 1 amide bonds. The third-order valence-electron chi connectivity index (χ3n) is 4.35. The van der Waals surface area contributed by atoms with Crippen molar-refractivity contribution in [3.05, 3.63) is 29.8 Å². The fourth-order valence-electron chi connectivity index (χ4n) is 3.31. The van der Waals surface area contributed by atoms with E-state index in [0.717, 1.165) is 37.2 Å². The van der Waals surface area contributed by atoms with Gasteiger partial charge in [0, 0.05) is 30.9 Å². The fraction of sp³-hybridized carbons (Fsp3) is 0.533. The first kappa shape index (κ1) is 13.2. The first-order valence-corrected chi connectivity index (χ1v) is 7.06. The van der Waals surface area contributed by atoms with E-state index in [9.17, 15) is 4.79 Å². The lowest BCUT2D eigenvalue weighted by Crippen LogP contribution is -2.57. The first-order valence-electron chi connectivity index (χ1n) is 7.06. The molecule has 0 bridgehead atoms. The van der Waals surface area contributed by atoms with Gasteiger partial charge in [-0.25, -0.2) is 4.79 Å². The molecule has 1 aromatic rings. The van der Waals surface area contributed by atoms with Crippen LogP contribution in [0.25, 0.3) is 0 Å². The number of benzene rings is 1. The Morgan fingerprint density at radius 1 is 1.30 bits per heavy atom. The van der Waals surface area contributed by atoms with Crippen molar-refractivity contribution in [1.29, 1.82) is 0 Å². The van der Waals surface area contributed by atoms with Gasteiger partial charge in [-0.15, -0.1) is 0 Å². The van der Waals surface area contributed by atoms with Gasteiger partial charge in [-0.1, -0.05) is 18.2 Å². The molecule has 2 fully saturated rings. The van der Waals surface area contributed by atoms with Crippen molar-refractivity contribution in [2.24, 2.45) is 0 Å². The smallest absolute Gasteiger partial charge is 0.407 e. The highest BCUT2D eigenvalue weighted by atomic mass is 16.6. The van der Waals surface area contributed by atoms with E-state index in [1.807, 2.05) is 18.2 Å². The van der Waals surface area contributed by atoms with E-state index >= 15 is 0 Å². The normalized spacial score (nSPS) is 24.9. The first-order chi connectivity index (χ1) is 9.75. The minimum atomic E-state index is -0.414. The molecular weight excluding hydrogens is 256 g/mol. The number of amides is 1. The van der Waals surface area contributed by atoms with Crippen LogP contribution >= 0.6 is 0 Å². The molecule has 0 saturated carbocycles. The van der Waals surface area contributed by atoms with Gasteiger partial charge in [-0.2, -0.15) is 0 Å². The van der Waals surface area contributed by atoms with Gasteiger partial charge in [0.1, 0.15) is 11.4 Å². The monoisotopic (exact) mass is 276 g/mol. The summed E-state index contributed by atoms with van der Waals surface area (Å²) >= 11 is 0. The van der Waals surface area contributed by atoms with Crippen LogP contribution in [-0.4, -0.2) is 38.4 Å². The average Bonchev–Trinajstić information content (AvgIpc) is 2.48. The van der Waals surface area contributed by atoms with Crippen LogP contribution in [0, 0.1) is 0 Å². The number of carbonyl (C=O) groups is 1. The average molecular weight is 276 g/mol. The van der Waals surface area contributed by atoms with Crippen molar-refractivity contribution >= 4 is 6.09 Å². The van der Waals surface area contributed by atoms with Crippen LogP contribution in [0.5, 0.6) is 5.75 Å². The maximum atomic E-state index is 11.7. The second-order valence-corrected chi connectivity index (χ2v) is 5.38. The number of ether oxygens (including phenoxy) is 2. The molecule has 0 aliphatic carbocycles. The molecule has 2 saturated heterocycles. The van der Waals surface area contributed by atoms with E-state index in [0.29, 0.717) is 6.54 Å². The lowest BCUT2D eigenvalue weighted by Gasteiger charge is -2.46. The molecule has 1 atom stereocenters. The molecule has 1 spiro atoms. The minimum absolute atomic E-state index is 0.124. The third kappa shape index (κ3) is 2.22. The molecule has 5 nitrogen and oxygen atoms in total. The van der Waals surface area contributed by atoms with Crippen molar-refractivity contribution in [1.82, 2.24) is 10.6 Å². The Balaban J connectivity index is 1.98. The predicted molar refractivity (Wildman–Crippen MR) is 75.1 cm³/mol. The van der Waals surface area contributed by atoms with E-state index in [1.54, 1.807) is 7.11 Å². The topological polar surface area (TPSA) is 59.6 Å². The Morgan fingerprint density at radius 2 is 2.05 bits per heavy atom. The van der Waals surface area contributed by atoms with Crippen molar-refractivity contribution < 1.29 is 14.3 Å². The molecule has 2 aliphatic rings. The van der Waals surface area contributed by atoms with E-state index in [1.165, 1.54) is 0 Å². The molecule has 0 radical (unpaired) electrons. The number of carbonyl (C=O) groups excluding carboxylic acids is 1. The van der Waals surface area contributed by atoms with Crippen LogP contribution in [0.2, 0.25) is 0 Å². The van der Waals surface area contributed by atoms with Crippen LogP contribution in [0.3, 0.4) is 0 Å². The van der Waals surface area contributed by atoms with Gasteiger partial charge in [-0.05, 0) is 19.2 Å². The van der Waals surface area contributed by atoms with Gasteiger partial charge in [0.2, 0.25) is 0 Å². The molecule has 2 aliphatic heterocycles. The van der Waals surface area contributed by atoms with E-state index in [2.05, 4.69) is 16.7 Å². The predicted octanol–water partition coefficient (Wildman–Crippen LogP) is 1.64. The molecule has 5 heteroatoms. The molecule has 1 unspecified atom stereocenters. The van der Waals surface area contributed by atoms with Crippen LogP contribution < -0.4 is 15.4 Å². The molecule has 2 N–H and O–H groups in total. The second kappa shape index (κ2) is 5.32. The SMILES string of the molecule is COc1ccccc1C1CNC(=O)OC12CCNCC2. The largest absolute Gasteiger partial charge is 0.496 e. The van der Waals surface area contributed by atoms with Gasteiger partial charge in [0.25, 0.3) is 0 Å². The number of rotatable bonds is 2. The zero-order chi connectivity index (χ0) is 14.0. The summed E-state index contributed by atoms with van der Waals surface area (Å²) in [6, 6.07) is 7.98. The van der Waals surface area contributed by atoms with E-state index in [-0.39, 0.29) is 12.0 Å². The number of nitrogens with one attached hydrogen (secondary N) is 2. The van der Waals surface area contributed by atoms with Gasteiger partial charge in [-0.3, -0.25) is 0 Å².